The fourth-order valence-corrected chi connectivity index (χ4v) is 5.36. The van der Waals surface area contributed by atoms with E-state index in [2.05, 4.69) is 0 Å². The lowest BCUT2D eigenvalue weighted by molar-refractivity contribution is -0.136. The van der Waals surface area contributed by atoms with Crippen LogP contribution >= 0.6 is 0 Å². The average Bonchev–Trinajstić information content (AvgIpc) is 3.03. The lowest BCUT2D eigenvalue weighted by Gasteiger charge is -2.52. The van der Waals surface area contributed by atoms with E-state index in [0.717, 1.165) is 0 Å². The van der Waals surface area contributed by atoms with Gasteiger partial charge < -0.3 is 20.1 Å². The molecule has 6 heteroatoms. The molecule has 0 bridgehead atoms. The van der Waals surface area contributed by atoms with Gasteiger partial charge in [-0.3, -0.25) is 9.59 Å². The number of ketones is 2. The summed E-state index contributed by atoms with van der Waals surface area (Å²) >= 11 is 0. The lowest BCUT2D eigenvalue weighted by Crippen LogP contribution is -2.53. The van der Waals surface area contributed by atoms with Gasteiger partial charge >= 0.3 is 0 Å². The van der Waals surface area contributed by atoms with Gasteiger partial charge in [0.2, 0.25) is 0 Å². The van der Waals surface area contributed by atoms with Crippen molar-refractivity contribution in [2.45, 2.75) is 58.0 Å². The fourth-order valence-electron chi connectivity index (χ4n) is 5.36. The van der Waals surface area contributed by atoms with Crippen LogP contribution in [0.5, 0.6) is 17.2 Å². The zero-order valence-electron chi connectivity index (χ0n) is 15.3. The van der Waals surface area contributed by atoms with Gasteiger partial charge in [0.1, 0.15) is 17.6 Å². The number of rotatable bonds is 1. The Labute approximate surface area is 151 Å². The minimum Gasteiger partial charge on any atom is -0.507 e. The van der Waals surface area contributed by atoms with Crippen LogP contribution in [0, 0.1) is 11.3 Å². The first kappa shape index (κ1) is 17.3. The number of hydrogen-bond acceptors (Lipinski definition) is 6. The second-order valence-electron chi connectivity index (χ2n) is 8.62. The second kappa shape index (κ2) is 5.22. The highest BCUT2D eigenvalue weighted by atomic mass is 16.5. The number of carbonyl (C=O) groups excluding carboxylic acids is 2. The summed E-state index contributed by atoms with van der Waals surface area (Å²) in [6, 6.07) is 0. The van der Waals surface area contributed by atoms with Crippen molar-refractivity contribution in [1.82, 2.24) is 0 Å². The summed E-state index contributed by atoms with van der Waals surface area (Å²) < 4.78 is 5.63. The third kappa shape index (κ3) is 1.96. The molecule has 3 N–H and O–H groups in total. The summed E-state index contributed by atoms with van der Waals surface area (Å²) in [5.41, 5.74) is -0.364. The zero-order valence-corrected chi connectivity index (χ0v) is 15.3. The minimum absolute atomic E-state index is 0.123. The number of phenolic OH excluding ortho intramolecular Hbond substituents is 2. The van der Waals surface area contributed by atoms with Crippen molar-refractivity contribution in [3.8, 4) is 17.2 Å². The minimum atomic E-state index is -0.685. The van der Waals surface area contributed by atoms with Crippen LogP contribution in [0.1, 0.15) is 61.5 Å². The van der Waals surface area contributed by atoms with Gasteiger partial charge in [0.15, 0.2) is 17.3 Å². The average molecular weight is 360 g/mol. The van der Waals surface area contributed by atoms with Gasteiger partial charge in [0.25, 0.3) is 0 Å². The summed E-state index contributed by atoms with van der Waals surface area (Å²) in [5, 5.41) is 31.2. The van der Waals surface area contributed by atoms with E-state index in [-0.39, 0.29) is 59.7 Å². The summed E-state index contributed by atoms with van der Waals surface area (Å²) in [5.74, 6) is -0.511. The molecule has 1 aromatic rings. The van der Waals surface area contributed by atoms with E-state index in [1.54, 1.807) is 0 Å². The van der Waals surface area contributed by atoms with Crippen molar-refractivity contribution < 1.29 is 29.6 Å². The first-order chi connectivity index (χ1) is 12.1. The van der Waals surface area contributed by atoms with Crippen molar-refractivity contribution in [2.24, 2.45) is 11.3 Å². The molecule has 3 aliphatic rings. The molecule has 3 unspecified atom stereocenters. The molecule has 4 rings (SSSR count). The van der Waals surface area contributed by atoms with Gasteiger partial charge in [0, 0.05) is 41.2 Å². The molecule has 1 aromatic carbocycles. The molecular formula is C20H24O6. The number of aliphatic hydroxyl groups excluding tert-OH is 1. The molecule has 6 nitrogen and oxygen atoms in total. The number of hydrogen-bond donors (Lipinski definition) is 3. The van der Waals surface area contributed by atoms with E-state index < -0.39 is 16.9 Å². The Morgan fingerprint density at radius 1 is 1.12 bits per heavy atom. The summed E-state index contributed by atoms with van der Waals surface area (Å²) in [7, 11) is 0. The van der Waals surface area contributed by atoms with E-state index in [1.165, 1.54) is 0 Å². The highest BCUT2D eigenvalue weighted by Gasteiger charge is 2.57. The fraction of sp³-hybridized carbons (Fsp3) is 0.600. The predicted octanol–water partition coefficient (Wildman–Crippen LogP) is 2.24. The van der Waals surface area contributed by atoms with Gasteiger partial charge in [-0.15, -0.1) is 0 Å². The topological polar surface area (TPSA) is 104 Å². The van der Waals surface area contributed by atoms with Crippen LogP contribution in [-0.2, 0) is 16.6 Å². The molecule has 0 spiro atoms. The second-order valence-corrected chi connectivity index (χ2v) is 8.62. The highest BCUT2D eigenvalue weighted by Crippen LogP contribution is 2.61. The molecule has 140 valence electrons. The highest BCUT2D eigenvalue weighted by molar-refractivity contribution is 6.05. The number of aromatic hydroxyl groups is 2. The number of phenols is 2. The van der Waals surface area contributed by atoms with Crippen LogP contribution in [0.15, 0.2) is 0 Å². The van der Waals surface area contributed by atoms with Crippen LogP contribution in [0.2, 0.25) is 0 Å². The quantitative estimate of drug-likeness (QED) is 0.664. The van der Waals surface area contributed by atoms with Crippen molar-refractivity contribution in [3.63, 3.8) is 0 Å². The summed E-state index contributed by atoms with van der Waals surface area (Å²) in [4.78, 5) is 25.4. The normalized spacial score (nSPS) is 31.8. The van der Waals surface area contributed by atoms with Crippen LogP contribution in [0.3, 0.4) is 0 Å². The lowest BCUT2D eigenvalue weighted by atomic mass is 9.49. The molecule has 0 amide bonds. The Hall–Kier alpha value is -2.08. The molecule has 2 aliphatic carbocycles. The Morgan fingerprint density at radius 3 is 2.46 bits per heavy atom. The van der Waals surface area contributed by atoms with E-state index in [0.29, 0.717) is 24.0 Å². The Kier molecular flexibility index (Phi) is 3.48. The zero-order chi connectivity index (χ0) is 19.0. The number of ether oxygens (including phenoxy) is 1. The Morgan fingerprint density at radius 2 is 1.81 bits per heavy atom. The standard InChI is InChI=1S/C20H24O6/c1-19(2)12-7-11(22)14-15(20(12,3)5-4-13(19)23)17(25)18-10(16(14)24)6-9(8-21)26-18/h9,12,21,24-25H,4-8H2,1-3H3. The maximum Gasteiger partial charge on any atom is 0.168 e. The van der Waals surface area contributed by atoms with E-state index in [1.807, 2.05) is 20.8 Å². The van der Waals surface area contributed by atoms with Crippen molar-refractivity contribution in [2.75, 3.05) is 6.61 Å². The Bertz CT molecular complexity index is 839. The maximum atomic E-state index is 12.9. The predicted molar refractivity (Wildman–Crippen MR) is 92.8 cm³/mol. The Balaban J connectivity index is 1.98. The number of benzene rings is 1. The maximum absolute atomic E-state index is 12.9. The van der Waals surface area contributed by atoms with Crippen LogP contribution in [0.25, 0.3) is 0 Å². The van der Waals surface area contributed by atoms with E-state index >= 15 is 0 Å². The summed E-state index contributed by atoms with van der Waals surface area (Å²) in [6.07, 6.45) is 0.739. The molecule has 3 atom stereocenters. The number of aliphatic hydroxyl groups is 1. The van der Waals surface area contributed by atoms with Gasteiger partial charge in [-0.1, -0.05) is 20.8 Å². The molecule has 26 heavy (non-hydrogen) atoms. The van der Waals surface area contributed by atoms with Crippen molar-refractivity contribution in [3.05, 3.63) is 16.7 Å². The molecule has 0 radical (unpaired) electrons. The van der Waals surface area contributed by atoms with Gasteiger partial charge in [0.05, 0.1) is 12.2 Å². The van der Waals surface area contributed by atoms with Crippen molar-refractivity contribution >= 4 is 11.6 Å². The van der Waals surface area contributed by atoms with E-state index in [9.17, 15) is 24.9 Å². The van der Waals surface area contributed by atoms with Crippen LogP contribution in [0.4, 0.5) is 0 Å². The molecule has 1 heterocycles. The SMILES string of the molecule is CC1(C)C(=O)CCC2(C)c3c(O)c4c(c(O)c3C(=O)CC12)CC(CO)O4. The number of Topliss-reactive ketones (excluding diaryl/α,β-unsaturated/α-hetero) is 2. The third-order valence-corrected chi connectivity index (χ3v) is 6.89. The number of carbonyl (C=O) groups is 2. The van der Waals surface area contributed by atoms with E-state index in [4.69, 9.17) is 4.74 Å². The first-order valence-electron chi connectivity index (χ1n) is 9.08. The third-order valence-electron chi connectivity index (χ3n) is 6.89. The molecule has 0 aromatic heterocycles. The molecular weight excluding hydrogens is 336 g/mol. The molecule has 1 saturated carbocycles. The molecule has 1 fully saturated rings. The smallest absolute Gasteiger partial charge is 0.168 e. The summed E-state index contributed by atoms with van der Waals surface area (Å²) in [6.45, 7) is 5.44. The first-order valence-corrected chi connectivity index (χ1v) is 9.08. The molecule has 1 aliphatic heterocycles. The monoisotopic (exact) mass is 360 g/mol. The van der Waals surface area contributed by atoms with Crippen molar-refractivity contribution in [1.29, 1.82) is 0 Å². The van der Waals surface area contributed by atoms with Gasteiger partial charge in [-0.2, -0.15) is 0 Å². The van der Waals surface area contributed by atoms with Gasteiger partial charge in [-0.25, -0.2) is 0 Å². The van der Waals surface area contributed by atoms with Gasteiger partial charge in [-0.05, 0) is 12.3 Å². The molecule has 0 saturated heterocycles. The largest absolute Gasteiger partial charge is 0.507 e. The van der Waals surface area contributed by atoms with Crippen LogP contribution in [-0.4, -0.2) is 39.6 Å². The van der Waals surface area contributed by atoms with Crippen LogP contribution < -0.4 is 4.74 Å². The number of fused-ring (bicyclic) bond motifs is 4.